The third-order valence-electron chi connectivity index (χ3n) is 4.05. The molecule has 1 atom stereocenters. The van der Waals surface area contributed by atoms with Crippen LogP contribution < -0.4 is 0 Å². The van der Waals surface area contributed by atoms with Crippen molar-refractivity contribution in [2.75, 3.05) is 19.7 Å². The molecule has 3 heteroatoms. The van der Waals surface area contributed by atoms with Crippen LogP contribution in [0.2, 0.25) is 0 Å². The number of benzene rings is 1. The van der Waals surface area contributed by atoms with Crippen LogP contribution in [0.1, 0.15) is 37.7 Å². The molecule has 0 aliphatic carbocycles. The van der Waals surface area contributed by atoms with Crippen LogP contribution in [0, 0.1) is 5.82 Å². The highest BCUT2D eigenvalue weighted by molar-refractivity contribution is 5.16. The summed E-state index contributed by atoms with van der Waals surface area (Å²) in [4.78, 5) is 2.54. The fourth-order valence-electron chi connectivity index (χ4n) is 2.93. The number of piperidine rings is 1. The van der Waals surface area contributed by atoms with Crippen molar-refractivity contribution in [2.45, 2.75) is 44.6 Å². The van der Waals surface area contributed by atoms with Gasteiger partial charge in [-0.25, -0.2) is 4.39 Å². The van der Waals surface area contributed by atoms with Gasteiger partial charge in [-0.1, -0.05) is 18.6 Å². The average Bonchev–Trinajstić information content (AvgIpc) is 2.45. The molecule has 106 valence electrons. The second kappa shape index (κ2) is 7.61. The Morgan fingerprint density at radius 1 is 1.21 bits per heavy atom. The number of rotatable bonds is 6. The van der Waals surface area contributed by atoms with Crippen molar-refractivity contribution in [2.24, 2.45) is 0 Å². The van der Waals surface area contributed by atoms with Gasteiger partial charge in [-0.2, -0.15) is 0 Å². The van der Waals surface area contributed by atoms with Gasteiger partial charge < -0.3 is 10.0 Å². The molecular weight excluding hydrogens is 241 g/mol. The fraction of sp³-hybridized carbons (Fsp3) is 0.625. The molecule has 0 amide bonds. The first-order valence-corrected chi connectivity index (χ1v) is 7.39. The third-order valence-corrected chi connectivity index (χ3v) is 4.05. The minimum atomic E-state index is -0.164. The summed E-state index contributed by atoms with van der Waals surface area (Å²) in [6.45, 7) is 2.50. The highest BCUT2D eigenvalue weighted by Crippen LogP contribution is 2.21. The van der Waals surface area contributed by atoms with Gasteiger partial charge in [-0.05, 0) is 56.3 Å². The Morgan fingerprint density at radius 3 is 2.74 bits per heavy atom. The molecule has 2 rings (SSSR count). The molecule has 1 aliphatic heterocycles. The lowest BCUT2D eigenvalue weighted by molar-refractivity contribution is 0.132. The number of hydrogen-bond acceptors (Lipinski definition) is 2. The zero-order valence-corrected chi connectivity index (χ0v) is 11.5. The summed E-state index contributed by atoms with van der Waals surface area (Å²) >= 11 is 0. The monoisotopic (exact) mass is 265 g/mol. The largest absolute Gasteiger partial charge is 0.396 e. The van der Waals surface area contributed by atoms with Gasteiger partial charge in [0.1, 0.15) is 5.82 Å². The van der Waals surface area contributed by atoms with Crippen molar-refractivity contribution in [3.8, 4) is 0 Å². The number of halogens is 1. The maximum absolute atomic E-state index is 12.8. The molecule has 19 heavy (non-hydrogen) atoms. The van der Waals surface area contributed by atoms with Gasteiger partial charge >= 0.3 is 0 Å². The summed E-state index contributed by atoms with van der Waals surface area (Å²) in [7, 11) is 0. The maximum Gasteiger partial charge on any atom is 0.123 e. The van der Waals surface area contributed by atoms with E-state index in [0.29, 0.717) is 12.6 Å². The second-order valence-corrected chi connectivity index (χ2v) is 5.43. The van der Waals surface area contributed by atoms with E-state index < -0.39 is 0 Å². The number of likely N-dealkylation sites (tertiary alicyclic amines) is 1. The van der Waals surface area contributed by atoms with E-state index in [1.165, 1.54) is 37.0 Å². The summed E-state index contributed by atoms with van der Waals surface area (Å²) in [5, 5.41) is 8.96. The van der Waals surface area contributed by atoms with Gasteiger partial charge in [-0.15, -0.1) is 0 Å². The number of hydrogen-bond donors (Lipinski definition) is 1. The van der Waals surface area contributed by atoms with Crippen LogP contribution in [0.4, 0.5) is 4.39 Å². The summed E-state index contributed by atoms with van der Waals surface area (Å²) < 4.78 is 12.8. The van der Waals surface area contributed by atoms with Crippen molar-refractivity contribution < 1.29 is 9.50 Å². The molecule has 2 nitrogen and oxygen atoms in total. The highest BCUT2D eigenvalue weighted by Gasteiger charge is 2.21. The highest BCUT2D eigenvalue weighted by atomic mass is 19.1. The van der Waals surface area contributed by atoms with E-state index in [9.17, 15) is 4.39 Å². The van der Waals surface area contributed by atoms with Crippen LogP contribution in [0.25, 0.3) is 0 Å². The van der Waals surface area contributed by atoms with E-state index in [0.717, 1.165) is 32.4 Å². The van der Waals surface area contributed by atoms with Gasteiger partial charge in [-0.3, -0.25) is 0 Å². The lowest BCUT2D eigenvalue weighted by atomic mass is 9.97. The van der Waals surface area contributed by atoms with E-state index >= 15 is 0 Å². The first-order valence-electron chi connectivity index (χ1n) is 7.39. The van der Waals surface area contributed by atoms with Crippen molar-refractivity contribution in [3.63, 3.8) is 0 Å². The van der Waals surface area contributed by atoms with E-state index in [1.807, 2.05) is 12.1 Å². The van der Waals surface area contributed by atoms with Gasteiger partial charge in [0.05, 0.1) is 0 Å². The van der Waals surface area contributed by atoms with Crippen molar-refractivity contribution in [3.05, 3.63) is 35.6 Å². The molecule has 0 bridgehead atoms. The Labute approximate surface area is 115 Å². The van der Waals surface area contributed by atoms with Crippen LogP contribution >= 0.6 is 0 Å². The number of aliphatic hydroxyl groups excluding tert-OH is 1. The van der Waals surface area contributed by atoms with Gasteiger partial charge in [0.15, 0.2) is 0 Å². The first kappa shape index (κ1) is 14.5. The van der Waals surface area contributed by atoms with Crippen LogP contribution in [-0.2, 0) is 6.42 Å². The zero-order valence-electron chi connectivity index (χ0n) is 11.5. The van der Waals surface area contributed by atoms with Gasteiger partial charge in [0.25, 0.3) is 0 Å². The van der Waals surface area contributed by atoms with Crippen LogP contribution in [0.3, 0.4) is 0 Å². The van der Waals surface area contributed by atoms with E-state index in [2.05, 4.69) is 4.90 Å². The van der Waals surface area contributed by atoms with Crippen LogP contribution in [0.5, 0.6) is 0 Å². The quantitative estimate of drug-likeness (QED) is 0.854. The fourth-order valence-corrected chi connectivity index (χ4v) is 2.93. The Hall–Kier alpha value is -0.930. The van der Waals surface area contributed by atoms with Crippen molar-refractivity contribution in [1.29, 1.82) is 0 Å². The number of aliphatic hydroxyl groups is 1. The number of nitrogens with zero attached hydrogens (tertiary/aromatic N) is 1. The first-order chi connectivity index (χ1) is 9.29. The van der Waals surface area contributed by atoms with Gasteiger partial charge in [0.2, 0.25) is 0 Å². The Balaban J connectivity index is 1.83. The molecule has 1 aromatic carbocycles. The molecule has 1 aromatic rings. The molecule has 0 spiro atoms. The van der Waals surface area contributed by atoms with E-state index in [-0.39, 0.29) is 5.82 Å². The summed E-state index contributed by atoms with van der Waals surface area (Å²) in [5.74, 6) is -0.164. The maximum atomic E-state index is 12.8. The molecule has 0 saturated carbocycles. The molecule has 0 aromatic heterocycles. The lowest BCUT2D eigenvalue weighted by Gasteiger charge is -2.35. The minimum absolute atomic E-state index is 0.164. The summed E-state index contributed by atoms with van der Waals surface area (Å²) in [6.07, 6.45) is 6.82. The summed E-state index contributed by atoms with van der Waals surface area (Å²) in [6, 6.07) is 7.45. The molecule has 1 heterocycles. The lowest BCUT2D eigenvalue weighted by Crippen LogP contribution is -2.40. The SMILES string of the molecule is OCCCC1CCCCN1CCc1ccc(F)cc1. The van der Waals surface area contributed by atoms with Crippen LogP contribution in [0.15, 0.2) is 24.3 Å². The summed E-state index contributed by atoms with van der Waals surface area (Å²) in [5.41, 5.74) is 1.20. The average molecular weight is 265 g/mol. The molecule has 1 aliphatic rings. The van der Waals surface area contributed by atoms with Gasteiger partial charge in [0, 0.05) is 19.2 Å². The van der Waals surface area contributed by atoms with E-state index in [1.54, 1.807) is 0 Å². The predicted molar refractivity (Wildman–Crippen MR) is 75.6 cm³/mol. The minimum Gasteiger partial charge on any atom is -0.396 e. The molecule has 0 radical (unpaired) electrons. The van der Waals surface area contributed by atoms with Crippen molar-refractivity contribution in [1.82, 2.24) is 4.90 Å². The Morgan fingerprint density at radius 2 is 2.00 bits per heavy atom. The molecule has 1 fully saturated rings. The Kier molecular flexibility index (Phi) is 5.80. The topological polar surface area (TPSA) is 23.5 Å². The smallest absolute Gasteiger partial charge is 0.123 e. The predicted octanol–water partition coefficient (Wildman–Crippen LogP) is 3.00. The van der Waals surface area contributed by atoms with E-state index in [4.69, 9.17) is 5.11 Å². The zero-order chi connectivity index (χ0) is 13.5. The second-order valence-electron chi connectivity index (χ2n) is 5.43. The Bertz CT molecular complexity index is 366. The molecule has 1 unspecified atom stereocenters. The third kappa shape index (κ3) is 4.59. The standard InChI is InChI=1S/C16H24FNO/c17-15-8-6-14(7-9-15)10-12-18-11-2-1-4-16(18)5-3-13-19/h6-9,16,19H,1-5,10-13H2. The van der Waals surface area contributed by atoms with Crippen molar-refractivity contribution >= 4 is 0 Å². The molecular formula is C16H24FNO. The normalized spacial score (nSPS) is 20.6. The molecule has 1 N–H and O–H groups in total. The van der Waals surface area contributed by atoms with Crippen LogP contribution in [-0.4, -0.2) is 35.7 Å². The molecule has 1 saturated heterocycles.